The number of H-pyrrole nitrogens is 2. The van der Waals surface area contributed by atoms with E-state index in [2.05, 4.69) is 19.9 Å². The van der Waals surface area contributed by atoms with Crippen molar-refractivity contribution in [2.45, 2.75) is 39.0 Å². The molecule has 0 amide bonds. The van der Waals surface area contributed by atoms with Crippen molar-refractivity contribution < 1.29 is 9.47 Å². The number of aromatic nitrogens is 6. The van der Waals surface area contributed by atoms with Crippen LogP contribution in [0.15, 0.2) is 40.5 Å². The molecule has 2 aliphatic rings. The van der Waals surface area contributed by atoms with Crippen molar-refractivity contribution in [1.82, 2.24) is 28.7 Å². The summed E-state index contributed by atoms with van der Waals surface area (Å²) in [6.45, 7) is 6.64. The van der Waals surface area contributed by atoms with Crippen LogP contribution in [0.4, 0.5) is 0 Å². The summed E-state index contributed by atoms with van der Waals surface area (Å²) in [6, 6.07) is 0. The number of hydrogen-bond acceptors (Lipinski definition) is 6. The van der Waals surface area contributed by atoms with Crippen molar-refractivity contribution in [2.24, 2.45) is 0 Å². The van der Waals surface area contributed by atoms with Crippen molar-refractivity contribution >= 4 is 16.6 Å². The predicted molar refractivity (Wildman–Crippen MR) is 127 cm³/mol. The van der Waals surface area contributed by atoms with Crippen LogP contribution in [0.5, 0.6) is 0 Å². The average molecular weight is 465 g/mol. The molecule has 0 saturated carbocycles. The highest BCUT2D eigenvalue weighted by Gasteiger charge is 2.21. The topological polar surface area (TPSA) is 119 Å². The van der Waals surface area contributed by atoms with Gasteiger partial charge in [-0.2, -0.15) is 0 Å². The normalized spacial score (nSPS) is 16.9. The van der Waals surface area contributed by atoms with Crippen molar-refractivity contribution in [3.63, 3.8) is 0 Å². The first-order valence-corrected chi connectivity index (χ1v) is 11.5. The van der Waals surface area contributed by atoms with Gasteiger partial charge in [-0.05, 0) is 38.7 Å². The number of nitrogens with one attached hydrogen (secondary N) is 2. The van der Waals surface area contributed by atoms with Crippen LogP contribution in [0.2, 0.25) is 0 Å². The van der Waals surface area contributed by atoms with Crippen molar-refractivity contribution in [1.29, 1.82) is 0 Å². The Bertz CT molecular complexity index is 1470. The first kappa shape index (κ1) is 22.3. The number of fused-ring (bicyclic) bond motifs is 2. The Hall–Kier alpha value is -3.50. The molecular weight excluding hydrogens is 436 g/mol. The van der Waals surface area contributed by atoms with E-state index in [1.54, 1.807) is 12.4 Å². The summed E-state index contributed by atoms with van der Waals surface area (Å²) in [5, 5.41) is 0. The molecule has 0 spiro atoms. The molecule has 0 radical (unpaired) electrons. The van der Waals surface area contributed by atoms with Crippen LogP contribution in [-0.4, -0.2) is 55.2 Å². The fourth-order valence-corrected chi connectivity index (χ4v) is 4.50. The molecule has 0 unspecified atom stereocenters. The number of aryl methyl sites for hydroxylation is 2. The van der Waals surface area contributed by atoms with Gasteiger partial charge in [0.25, 0.3) is 11.1 Å². The van der Waals surface area contributed by atoms with Crippen LogP contribution in [0.25, 0.3) is 16.6 Å². The van der Waals surface area contributed by atoms with Gasteiger partial charge in [0.1, 0.15) is 22.7 Å². The molecule has 4 aromatic rings. The Morgan fingerprint density at radius 1 is 0.882 bits per heavy atom. The van der Waals surface area contributed by atoms with Gasteiger partial charge >= 0.3 is 0 Å². The molecule has 1 saturated heterocycles. The van der Waals surface area contributed by atoms with E-state index in [0.29, 0.717) is 30.2 Å². The summed E-state index contributed by atoms with van der Waals surface area (Å²) < 4.78 is 14.4. The van der Waals surface area contributed by atoms with Crippen LogP contribution in [0.3, 0.4) is 0 Å². The largest absolute Gasteiger partial charge is 0.381 e. The molecule has 0 aromatic carbocycles. The van der Waals surface area contributed by atoms with Gasteiger partial charge in [0, 0.05) is 42.9 Å². The molecule has 0 atom stereocenters. The van der Waals surface area contributed by atoms with Gasteiger partial charge in [-0.1, -0.05) is 6.08 Å². The lowest BCUT2D eigenvalue weighted by Gasteiger charge is -2.20. The van der Waals surface area contributed by atoms with E-state index in [0.717, 1.165) is 61.1 Å². The van der Waals surface area contributed by atoms with E-state index in [9.17, 15) is 9.59 Å². The predicted octanol–water partition coefficient (Wildman–Crippen LogP) is 2.36. The molecule has 0 aliphatic carbocycles. The standard InChI is InChI=1S/C12H15N3O2.C12H13N3O2/c2*1-8-7-15-10(12(16)14-8)6-13-11(15)9-2-4-17-5-3-9/h6-7,9H,2-5H2,1H3,(H,14,16);2,6-7H,3-5H2,1H3,(H,14,16). The van der Waals surface area contributed by atoms with Gasteiger partial charge in [-0.15, -0.1) is 0 Å². The minimum Gasteiger partial charge on any atom is -0.381 e. The zero-order valence-electron chi connectivity index (χ0n) is 19.3. The lowest BCUT2D eigenvalue weighted by molar-refractivity contribution is 0.0835. The van der Waals surface area contributed by atoms with E-state index in [4.69, 9.17) is 9.47 Å². The number of imidazole rings is 2. The van der Waals surface area contributed by atoms with E-state index >= 15 is 0 Å². The van der Waals surface area contributed by atoms with Crippen LogP contribution < -0.4 is 11.1 Å². The number of hydrogen-bond donors (Lipinski definition) is 2. The molecule has 178 valence electrons. The second kappa shape index (κ2) is 9.40. The Morgan fingerprint density at radius 2 is 1.53 bits per heavy atom. The third-order valence-corrected chi connectivity index (χ3v) is 6.19. The highest BCUT2D eigenvalue weighted by Crippen LogP contribution is 2.26. The van der Waals surface area contributed by atoms with Gasteiger partial charge in [0.2, 0.25) is 0 Å². The summed E-state index contributed by atoms with van der Waals surface area (Å²) in [4.78, 5) is 37.8. The second-order valence-corrected chi connectivity index (χ2v) is 8.68. The van der Waals surface area contributed by atoms with Crippen LogP contribution in [0, 0.1) is 13.8 Å². The number of aromatic amines is 2. The third kappa shape index (κ3) is 4.34. The van der Waals surface area contributed by atoms with Gasteiger partial charge in [0.15, 0.2) is 0 Å². The minimum atomic E-state index is -0.101. The van der Waals surface area contributed by atoms with E-state index in [-0.39, 0.29) is 11.1 Å². The Morgan fingerprint density at radius 3 is 2.21 bits per heavy atom. The molecule has 34 heavy (non-hydrogen) atoms. The van der Waals surface area contributed by atoms with Crippen molar-refractivity contribution in [2.75, 3.05) is 26.4 Å². The zero-order valence-corrected chi connectivity index (χ0v) is 19.3. The van der Waals surface area contributed by atoms with Crippen molar-refractivity contribution in [3.05, 3.63) is 74.6 Å². The number of nitrogens with zero attached hydrogens (tertiary/aromatic N) is 4. The molecule has 6 rings (SSSR count). The minimum absolute atomic E-state index is 0.0733. The Kier molecular flexibility index (Phi) is 6.16. The van der Waals surface area contributed by atoms with E-state index < -0.39 is 0 Å². The Labute approximate surface area is 195 Å². The lowest BCUT2D eigenvalue weighted by atomic mass is 10.00. The summed E-state index contributed by atoms with van der Waals surface area (Å²) >= 11 is 0. The molecule has 0 bridgehead atoms. The summed E-state index contributed by atoms with van der Waals surface area (Å²) in [7, 11) is 0. The lowest BCUT2D eigenvalue weighted by Crippen LogP contribution is -2.18. The van der Waals surface area contributed by atoms with Crippen LogP contribution in [-0.2, 0) is 9.47 Å². The molecule has 10 nitrogen and oxygen atoms in total. The molecular formula is C24H28N6O4. The van der Waals surface area contributed by atoms with E-state index in [1.807, 2.05) is 41.1 Å². The Balaban J connectivity index is 0.000000142. The van der Waals surface area contributed by atoms with Crippen LogP contribution in [0.1, 0.15) is 48.2 Å². The maximum atomic E-state index is 11.8. The number of rotatable bonds is 2. The summed E-state index contributed by atoms with van der Waals surface area (Å²) in [5.41, 5.74) is 3.85. The fraction of sp³-hybridized carbons (Fsp3) is 0.417. The highest BCUT2D eigenvalue weighted by molar-refractivity contribution is 5.64. The zero-order chi connectivity index (χ0) is 23.7. The molecule has 2 N–H and O–H groups in total. The maximum absolute atomic E-state index is 11.8. The number of ether oxygens (including phenoxy) is 2. The smallest absolute Gasteiger partial charge is 0.274 e. The summed E-state index contributed by atoms with van der Waals surface area (Å²) in [5.74, 6) is 2.22. The third-order valence-electron chi connectivity index (χ3n) is 6.19. The fourth-order valence-electron chi connectivity index (χ4n) is 4.50. The molecule has 1 fully saturated rings. The first-order valence-electron chi connectivity index (χ1n) is 11.5. The van der Waals surface area contributed by atoms with E-state index in [1.165, 1.54) is 0 Å². The molecule has 10 heteroatoms. The van der Waals surface area contributed by atoms with Gasteiger partial charge in [-0.25, -0.2) is 9.97 Å². The van der Waals surface area contributed by atoms with Gasteiger partial charge < -0.3 is 19.4 Å². The van der Waals surface area contributed by atoms with Gasteiger partial charge in [0.05, 0.1) is 25.6 Å². The highest BCUT2D eigenvalue weighted by atomic mass is 16.5. The first-order chi connectivity index (χ1) is 16.5. The quantitative estimate of drug-likeness (QED) is 0.470. The maximum Gasteiger partial charge on any atom is 0.274 e. The monoisotopic (exact) mass is 464 g/mol. The molecule has 6 heterocycles. The van der Waals surface area contributed by atoms with Crippen LogP contribution >= 0.6 is 0 Å². The van der Waals surface area contributed by atoms with Crippen molar-refractivity contribution in [3.8, 4) is 0 Å². The summed E-state index contributed by atoms with van der Waals surface area (Å²) in [6.07, 6.45) is 11.9. The SMILES string of the molecule is Cc1cn2c(C3=CCOCC3)ncc2c(=O)[nH]1.Cc1cn2c(C3CCOCC3)ncc2c(=O)[nH]1. The average Bonchev–Trinajstić information content (AvgIpc) is 3.45. The second-order valence-electron chi connectivity index (χ2n) is 8.68. The molecule has 2 aliphatic heterocycles. The molecule has 4 aromatic heterocycles. The van der Waals surface area contributed by atoms with Gasteiger partial charge in [-0.3, -0.25) is 18.4 Å².